The molecule has 0 radical (unpaired) electrons. The minimum atomic E-state index is -0.797. The van der Waals surface area contributed by atoms with Gasteiger partial charge in [0.05, 0.1) is 19.4 Å². The highest BCUT2D eigenvalue weighted by molar-refractivity contribution is 7.24. The minimum absolute atomic E-state index is 0.0784. The van der Waals surface area contributed by atoms with Gasteiger partial charge in [-0.05, 0) is 59.2 Å². The van der Waals surface area contributed by atoms with Crippen molar-refractivity contribution in [2.24, 2.45) is 0 Å². The maximum Gasteiger partial charge on any atom is 0.329 e. The normalized spacial score (nSPS) is 12.2. The number of halogens is 1. The number of hydroxylamine groups is 2. The van der Waals surface area contributed by atoms with Gasteiger partial charge in [0.15, 0.2) is 5.43 Å². The van der Waals surface area contributed by atoms with Crippen LogP contribution in [-0.2, 0) is 24.0 Å². The lowest BCUT2D eigenvalue weighted by Crippen LogP contribution is -2.35. The molecule has 8 nitrogen and oxygen atoms in total. The van der Waals surface area contributed by atoms with E-state index in [-0.39, 0.29) is 11.8 Å². The third-order valence-electron chi connectivity index (χ3n) is 6.10. The van der Waals surface area contributed by atoms with E-state index < -0.39 is 23.9 Å². The van der Waals surface area contributed by atoms with E-state index in [2.05, 4.69) is 0 Å². The Morgan fingerprint density at radius 3 is 2.17 bits per heavy atom. The van der Waals surface area contributed by atoms with Crippen molar-refractivity contribution in [3.05, 3.63) is 93.3 Å². The smallest absolute Gasteiger partial charge is 0.329 e. The summed E-state index contributed by atoms with van der Waals surface area (Å²) < 4.78 is 12.1. The number of fused-ring (bicyclic) bond motifs is 2. The largest absolute Gasteiger partial charge is 0.497 e. The van der Waals surface area contributed by atoms with E-state index in [1.807, 2.05) is 18.2 Å². The molecule has 0 N–H and O–H groups in total. The molecule has 0 fully saturated rings. The topological polar surface area (TPSA) is 99.2 Å². The molecule has 0 bridgehead atoms. The first kappa shape index (κ1) is 28.8. The number of hydrogen-bond acceptors (Lipinski definition) is 8. The standard InChI is InChI=1S/C30H26ClNO7S/c1-17(33)32(39-19(3)35)27(20-5-9-24(37-4)10-6-20)14-22(16-38-18(2)34)21-7-11-28-25(13-21)30(36)26-15-23(31)8-12-29(26)40-28/h5-13,15-16,27H,14H2,1-4H3/b22-16+. The maximum atomic E-state index is 13.4. The molecule has 1 atom stereocenters. The fourth-order valence-corrected chi connectivity index (χ4v) is 5.48. The van der Waals surface area contributed by atoms with E-state index in [1.165, 1.54) is 45.5 Å². The molecule has 0 aliphatic carbocycles. The first-order valence-electron chi connectivity index (χ1n) is 12.2. The Hall–Kier alpha value is -4.21. The van der Waals surface area contributed by atoms with Crippen LogP contribution in [-0.4, -0.2) is 30.0 Å². The van der Waals surface area contributed by atoms with E-state index in [1.54, 1.807) is 42.5 Å². The van der Waals surface area contributed by atoms with Crippen molar-refractivity contribution in [3.8, 4) is 5.75 Å². The Kier molecular flexibility index (Phi) is 8.86. The van der Waals surface area contributed by atoms with Gasteiger partial charge in [0.1, 0.15) is 5.75 Å². The SMILES string of the molecule is COc1ccc(C(C/C(=C\OC(C)=O)c2ccc3sc4ccc(Cl)cc4c(=O)c3c2)N(OC(C)=O)C(C)=O)cc1. The monoisotopic (exact) mass is 579 g/mol. The van der Waals surface area contributed by atoms with Gasteiger partial charge in [-0.15, -0.1) is 11.3 Å². The van der Waals surface area contributed by atoms with Gasteiger partial charge in [-0.2, -0.15) is 5.06 Å². The summed E-state index contributed by atoms with van der Waals surface area (Å²) in [7, 11) is 1.54. The Balaban J connectivity index is 1.86. The molecular weight excluding hydrogens is 554 g/mol. The molecule has 4 rings (SSSR count). The molecule has 3 aromatic carbocycles. The lowest BCUT2D eigenvalue weighted by Gasteiger charge is -2.30. The number of hydrogen-bond donors (Lipinski definition) is 0. The summed E-state index contributed by atoms with van der Waals surface area (Å²) >= 11 is 7.61. The molecular formula is C30H26ClNO7S. The minimum Gasteiger partial charge on any atom is -0.497 e. The van der Waals surface area contributed by atoms with Crippen LogP contribution in [0.3, 0.4) is 0 Å². The third kappa shape index (κ3) is 6.50. The second-order valence-electron chi connectivity index (χ2n) is 8.96. The molecule has 0 aliphatic rings. The van der Waals surface area contributed by atoms with E-state index in [9.17, 15) is 19.2 Å². The molecule has 1 aromatic heterocycles. The van der Waals surface area contributed by atoms with Gasteiger partial charge in [-0.25, -0.2) is 0 Å². The summed E-state index contributed by atoms with van der Waals surface area (Å²) in [5, 5.41) is 2.42. The average molecular weight is 580 g/mol. The Morgan fingerprint density at radius 2 is 1.57 bits per heavy atom. The molecule has 4 aromatic rings. The van der Waals surface area contributed by atoms with Crippen molar-refractivity contribution in [3.63, 3.8) is 0 Å². The van der Waals surface area contributed by atoms with Gasteiger partial charge in [0.2, 0.25) is 0 Å². The molecule has 0 saturated carbocycles. The number of methoxy groups -OCH3 is 1. The van der Waals surface area contributed by atoms with Crippen molar-refractivity contribution in [1.82, 2.24) is 5.06 Å². The Bertz CT molecular complexity index is 1690. The number of amides is 1. The lowest BCUT2D eigenvalue weighted by atomic mass is 9.94. The predicted octanol–water partition coefficient (Wildman–Crippen LogP) is 6.44. The number of rotatable bonds is 7. The summed E-state index contributed by atoms with van der Waals surface area (Å²) in [5.41, 5.74) is 1.53. The zero-order valence-electron chi connectivity index (χ0n) is 22.2. The first-order chi connectivity index (χ1) is 19.1. The number of carbonyl (C=O) groups is 3. The van der Waals surface area contributed by atoms with Crippen LogP contribution in [0.15, 0.2) is 71.7 Å². The van der Waals surface area contributed by atoms with E-state index >= 15 is 0 Å². The molecule has 0 aliphatic heterocycles. The van der Waals surface area contributed by atoms with Crippen LogP contribution in [0, 0.1) is 0 Å². The zero-order valence-corrected chi connectivity index (χ0v) is 23.8. The van der Waals surface area contributed by atoms with Crippen molar-refractivity contribution >= 4 is 66.5 Å². The van der Waals surface area contributed by atoms with Crippen molar-refractivity contribution in [2.45, 2.75) is 33.2 Å². The number of nitrogens with zero attached hydrogens (tertiary/aromatic N) is 1. The van der Waals surface area contributed by atoms with Crippen LogP contribution < -0.4 is 10.2 Å². The van der Waals surface area contributed by atoms with Crippen LogP contribution in [0.5, 0.6) is 5.75 Å². The van der Waals surface area contributed by atoms with Crippen LogP contribution in [0.25, 0.3) is 25.7 Å². The van der Waals surface area contributed by atoms with Crippen molar-refractivity contribution in [2.75, 3.05) is 7.11 Å². The van der Waals surface area contributed by atoms with Gasteiger partial charge >= 0.3 is 11.9 Å². The summed E-state index contributed by atoms with van der Waals surface area (Å²) in [6, 6.07) is 16.7. The highest BCUT2D eigenvalue weighted by atomic mass is 35.5. The molecule has 1 unspecified atom stereocenters. The quantitative estimate of drug-likeness (QED) is 0.107. The summed E-state index contributed by atoms with van der Waals surface area (Å²) in [6.07, 6.45) is 1.37. The second-order valence-corrected chi connectivity index (χ2v) is 10.5. The van der Waals surface area contributed by atoms with Gasteiger partial charge < -0.3 is 14.3 Å². The molecule has 0 saturated heterocycles. The Morgan fingerprint density at radius 1 is 0.925 bits per heavy atom. The highest BCUT2D eigenvalue weighted by Crippen LogP contribution is 2.35. The molecule has 0 spiro atoms. The van der Waals surface area contributed by atoms with Crippen LogP contribution >= 0.6 is 22.9 Å². The fourth-order valence-electron chi connectivity index (χ4n) is 4.27. The summed E-state index contributed by atoms with van der Waals surface area (Å²) in [4.78, 5) is 55.1. The lowest BCUT2D eigenvalue weighted by molar-refractivity contribution is -0.205. The number of carbonyl (C=O) groups excluding carboxylic acids is 3. The van der Waals surface area contributed by atoms with E-state index in [0.717, 1.165) is 14.5 Å². The van der Waals surface area contributed by atoms with Gasteiger partial charge in [0, 0.05) is 52.4 Å². The number of esters is 1. The van der Waals surface area contributed by atoms with Crippen molar-refractivity contribution < 1.29 is 28.7 Å². The van der Waals surface area contributed by atoms with Crippen LogP contribution in [0.1, 0.15) is 44.4 Å². The molecule has 1 heterocycles. The third-order valence-corrected chi connectivity index (χ3v) is 7.49. The van der Waals surface area contributed by atoms with Gasteiger partial charge in [0.25, 0.3) is 5.91 Å². The average Bonchev–Trinajstić information content (AvgIpc) is 2.92. The second kappa shape index (κ2) is 12.3. The molecule has 206 valence electrons. The predicted molar refractivity (Wildman–Crippen MR) is 155 cm³/mol. The van der Waals surface area contributed by atoms with Crippen LogP contribution in [0.4, 0.5) is 0 Å². The summed E-state index contributed by atoms with van der Waals surface area (Å²) in [6.45, 7) is 3.75. The van der Waals surface area contributed by atoms with Gasteiger partial charge in [-0.1, -0.05) is 29.8 Å². The zero-order chi connectivity index (χ0) is 29.0. The summed E-state index contributed by atoms with van der Waals surface area (Å²) in [5.74, 6) is -1.12. The maximum absolute atomic E-state index is 13.4. The molecule has 40 heavy (non-hydrogen) atoms. The fraction of sp³-hybridized carbons (Fsp3) is 0.200. The van der Waals surface area contributed by atoms with Crippen LogP contribution in [0.2, 0.25) is 5.02 Å². The molecule has 1 amide bonds. The highest BCUT2D eigenvalue weighted by Gasteiger charge is 2.28. The molecule has 10 heteroatoms. The van der Waals surface area contributed by atoms with Gasteiger partial charge in [-0.3, -0.25) is 19.2 Å². The van der Waals surface area contributed by atoms with Crippen molar-refractivity contribution in [1.29, 1.82) is 0 Å². The Labute approximate surface area is 239 Å². The van der Waals surface area contributed by atoms with E-state index in [0.29, 0.717) is 38.2 Å². The number of ether oxygens (including phenoxy) is 2. The van der Waals surface area contributed by atoms with E-state index in [4.69, 9.17) is 25.9 Å². The first-order valence-corrected chi connectivity index (χ1v) is 13.4. The number of benzene rings is 3.